The van der Waals surface area contributed by atoms with Crippen molar-refractivity contribution < 1.29 is 9.15 Å². The average molecular weight is 362 g/mol. The summed E-state index contributed by atoms with van der Waals surface area (Å²) in [5.74, 6) is 2.32. The minimum Gasteiger partial charge on any atom is -0.486 e. The summed E-state index contributed by atoms with van der Waals surface area (Å²) in [6.07, 6.45) is 1.64. The van der Waals surface area contributed by atoms with Crippen molar-refractivity contribution in [2.75, 3.05) is 0 Å². The maximum absolute atomic E-state index is 6.03. The monoisotopic (exact) mass is 362 g/mol. The number of benzene rings is 2. The van der Waals surface area contributed by atoms with E-state index in [0.29, 0.717) is 12.4 Å². The zero-order valence-corrected chi connectivity index (χ0v) is 14.7. The van der Waals surface area contributed by atoms with Gasteiger partial charge in [-0.25, -0.2) is 0 Å². The Morgan fingerprint density at radius 1 is 1.08 bits per heavy atom. The highest BCUT2D eigenvalue weighted by Gasteiger charge is 2.16. The predicted octanol–water partition coefficient (Wildman–Crippen LogP) is 4.49. The second kappa shape index (κ2) is 5.96. The van der Waals surface area contributed by atoms with E-state index in [9.17, 15) is 0 Å². The summed E-state index contributed by atoms with van der Waals surface area (Å²) in [6, 6.07) is 16.1. The van der Waals surface area contributed by atoms with E-state index in [2.05, 4.69) is 33.5 Å². The molecule has 0 aliphatic rings. The number of ether oxygens (including phenoxy) is 1. The SMILES string of the molecule is Cc1occc1-c1nnc2sc(COc3cccc4ccccc34)nn12. The van der Waals surface area contributed by atoms with Crippen LogP contribution in [0.5, 0.6) is 5.75 Å². The van der Waals surface area contributed by atoms with Crippen LogP contribution < -0.4 is 4.74 Å². The lowest BCUT2D eigenvalue weighted by molar-refractivity contribution is 0.308. The van der Waals surface area contributed by atoms with Crippen molar-refractivity contribution in [3.63, 3.8) is 0 Å². The fraction of sp³-hybridized carbons (Fsp3) is 0.105. The molecule has 0 atom stereocenters. The molecule has 0 aliphatic heterocycles. The van der Waals surface area contributed by atoms with Gasteiger partial charge in [0.2, 0.25) is 4.96 Å². The molecule has 0 amide bonds. The van der Waals surface area contributed by atoms with Crippen LogP contribution in [0.25, 0.3) is 27.1 Å². The van der Waals surface area contributed by atoms with E-state index in [1.165, 1.54) is 11.3 Å². The molecule has 0 saturated carbocycles. The van der Waals surface area contributed by atoms with Gasteiger partial charge in [-0.05, 0) is 24.4 Å². The van der Waals surface area contributed by atoms with E-state index in [0.717, 1.165) is 37.8 Å². The van der Waals surface area contributed by atoms with Crippen molar-refractivity contribution >= 4 is 27.1 Å². The Kier molecular flexibility index (Phi) is 3.46. The Hall–Kier alpha value is -3.19. The van der Waals surface area contributed by atoms with E-state index in [-0.39, 0.29) is 0 Å². The van der Waals surface area contributed by atoms with Crippen LogP contribution in [0.15, 0.2) is 59.2 Å². The van der Waals surface area contributed by atoms with Crippen LogP contribution in [0.1, 0.15) is 10.8 Å². The first kappa shape index (κ1) is 15.1. The molecule has 5 aromatic rings. The summed E-state index contributed by atoms with van der Waals surface area (Å²) in [5.41, 5.74) is 0.893. The molecule has 3 aromatic heterocycles. The van der Waals surface area contributed by atoms with Crippen LogP contribution in [0.2, 0.25) is 0 Å². The van der Waals surface area contributed by atoms with Gasteiger partial charge in [-0.15, -0.1) is 10.2 Å². The van der Waals surface area contributed by atoms with Crippen molar-refractivity contribution in [1.82, 2.24) is 19.8 Å². The summed E-state index contributed by atoms with van der Waals surface area (Å²) in [5, 5.41) is 16.1. The molecule has 0 bridgehead atoms. The number of nitrogens with zero attached hydrogens (tertiary/aromatic N) is 4. The van der Waals surface area contributed by atoms with Crippen LogP contribution >= 0.6 is 11.3 Å². The lowest BCUT2D eigenvalue weighted by Gasteiger charge is -2.07. The standard InChI is InChI=1S/C19H14N4O2S/c1-12-14(9-10-24-12)18-20-21-19-23(18)22-17(26-19)11-25-16-8-4-6-13-5-2-3-7-15(13)16/h2-10H,11H2,1H3. The minimum absolute atomic E-state index is 0.381. The van der Waals surface area contributed by atoms with Gasteiger partial charge in [-0.2, -0.15) is 9.61 Å². The molecule has 0 saturated heterocycles. The molecule has 0 radical (unpaired) electrons. The van der Waals surface area contributed by atoms with Crippen molar-refractivity contribution in [3.8, 4) is 17.1 Å². The first-order valence-electron chi connectivity index (χ1n) is 8.16. The third kappa shape index (κ3) is 2.44. The quantitative estimate of drug-likeness (QED) is 0.471. The second-order valence-corrected chi connectivity index (χ2v) is 6.91. The second-order valence-electron chi connectivity index (χ2n) is 5.87. The molecule has 6 nitrogen and oxygen atoms in total. The molecule has 3 heterocycles. The van der Waals surface area contributed by atoms with Gasteiger partial charge in [-0.1, -0.05) is 47.7 Å². The fourth-order valence-corrected chi connectivity index (χ4v) is 3.71. The van der Waals surface area contributed by atoms with Crippen LogP contribution in [0.3, 0.4) is 0 Å². The van der Waals surface area contributed by atoms with Gasteiger partial charge in [0.05, 0.1) is 11.8 Å². The smallest absolute Gasteiger partial charge is 0.235 e. The summed E-state index contributed by atoms with van der Waals surface area (Å²) < 4.78 is 13.1. The lowest BCUT2D eigenvalue weighted by Crippen LogP contribution is -1.98. The highest BCUT2D eigenvalue weighted by Crippen LogP contribution is 2.28. The summed E-state index contributed by atoms with van der Waals surface area (Å²) in [6.45, 7) is 2.28. The molecule has 128 valence electrons. The summed E-state index contributed by atoms with van der Waals surface area (Å²) >= 11 is 1.47. The zero-order valence-electron chi connectivity index (χ0n) is 13.9. The van der Waals surface area contributed by atoms with Gasteiger partial charge in [-0.3, -0.25) is 0 Å². The van der Waals surface area contributed by atoms with E-state index in [1.807, 2.05) is 37.3 Å². The molecule has 7 heteroatoms. The highest BCUT2D eigenvalue weighted by atomic mass is 32.1. The number of aromatic nitrogens is 4. The van der Waals surface area contributed by atoms with Crippen LogP contribution in [0.4, 0.5) is 0 Å². The van der Waals surface area contributed by atoms with E-state index >= 15 is 0 Å². The molecule has 0 fully saturated rings. The first-order valence-corrected chi connectivity index (χ1v) is 8.97. The summed E-state index contributed by atoms with van der Waals surface area (Å²) in [4.78, 5) is 0.733. The molecule has 0 aliphatic carbocycles. The Bertz CT molecular complexity index is 1220. The molecular weight excluding hydrogens is 348 g/mol. The van der Waals surface area contributed by atoms with Crippen molar-refractivity contribution in [3.05, 3.63) is 65.6 Å². The average Bonchev–Trinajstić information content (AvgIpc) is 3.35. The number of rotatable bonds is 4. The predicted molar refractivity (Wildman–Crippen MR) is 99.4 cm³/mol. The molecular formula is C19H14N4O2S. The van der Waals surface area contributed by atoms with E-state index in [4.69, 9.17) is 9.15 Å². The Morgan fingerprint density at radius 3 is 2.85 bits per heavy atom. The summed E-state index contributed by atoms with van der Waals surface area (Å²) in [7, 11) is 0. The molecule has 2 aromatic carbocycles. The third-order valence-corrected chi connectivity index (χ3v) is 5.11. The maximum atomic E-state index is 6.03. The number of fused-ring (bicyclic) bond motifs is 2. The lowest BCUT2D eigenvalue weighted by atomic mass is 10.1. The first-order chi connectivity index (χ1) is 12.8. The minimum atomic E-state index is 0.381. The van der Waals surface area contributed by atoms with Crippen LogP contribution in [0, 0.1) is 6.92 Å². The Balaban J connectivity index is 1.45. The Morgan fingerprint density at radius 2 is 1.96 bits per heavy atom. The van der Waals surface area contributed by atoms with E-state index < -0.39 is 0 Å². The van der Waals surface area contributed by atoms with Gasteiger partial charge in [0, 0.05) is 5.39 Å². The zero-order chi connectivity index (χ0) is 17.5. The number of aryl methyl sites for hydroxylation is 1. The van der Waals surface area contributed by atoms with Crippen LogP contribution in [-0.4, -0.2) is 19.8 Å². The van der Waals surface area contributed by atoms with Crippen molar-refractivity contribution in [1.29, 1.82) is 0 Å². The van der Waals surface area contributed by atoms with Crippen molar-refractivity contribution in [2.45, 2.75) is 13.5 Å². The fourth-order valence-electron chi connectivity index (χ4n) is 2.96. The van der Waals surface area contributed by atoms with Crippen molar-refractivity contribution in [2.24, 2.45) is 0 Å². The Labute approximate surface area is 152 Å². The highest BCUT2D eigenvalue weighted by molar-refractivity contribution is 7.16. The maximum Gasteiger partial charge on any atom is 0.235 e. The molecule has 0 spiro atoms. The molecule has 0 unspecified atom stereocenters. The van der Waals surface area contributed by atoms with Gasteiger partial charge < -0.3 is 9.15 Å². The third-order valence-electron chi connectivity index (χ3n) is 4.23. The van der Waals surface area contributed by atoms with Gasteiger partial charge in [0.25, 0.3) is 0 Å². The molecule has 0 N–H and O–H groups in total. The van der Waals surface area contributed by atoms with E-state index in [1.54, 1.807) is 10.8 Å². The van der Waals surface area contributed by atoms with Gasteiger partial charge in [0.1, 0.15) is 18.1 Å². The number of furan rings is 1. The van der Waals surface area contributed by atoms with Crippen LogP contribution in [-0.2, 0) is 6.61 Å². The molecule has 5 rings (SSSR count). The normalized spacial score (nSPS) is 11.4. The van der Waals surface area contributed by atoms with Gasteiger partial charge >= 0.3 is 0 Å². The largest absolute Gasteiger partial charge is 0.486 e. The number of hydrogen-bond donors (Lipinski definition) is 0. The molecule has 26 heavy (non-hydrogen) atoms. The van der Waals surface area contributed by atoms with Gasteiger partial charge in [0.15, 0.2) is 10.8 Å². The number of hydrogen-bond acceptors (Lipinski definition) is 6. The topological polar surface area (TPSA) is 65.5 Å².